The summed E-state index contributed by atoms with van der Waals surface area (Å²) in [4.78, 5) is 13.2. The second-order valence-electron chi connectivity index (χ2n) is 4.48. The number of amides is 1. The Balaban J connectivity index is 1.89. The van der Waals surface area contributed by atoms with Crippen LogP contribution in [0.25, 0.3) is 0 Å². The largest absolute Gasteiger partial charge is 0.445 e. The number of hydrogen-bond acceptors (Lipinski definition) is 4. The quantitative estimate of drug-likeness (QED) is 0.828. The first-order chi connectivity index (χ1) is 8.72. The molecular formula is C13H17NO4. The SMILES string of the molecule is O=C(OCc1ccccc1)N1CCC1(CO)CO. The van der Waals surface area contributed by atoms with E-state index in [9.17, 15) is 15.0 Å². The minimum Gasteiger partial charge on any atom is -0.445 e. The molecule has 2 N–H and O–H groups in total. The molecule has 0 aliphatic carbocycles. The average Bonchev–Trinajstić information content (AvgIpc) is 2.38. The van der Waals surface area contributed by atoms with Crippen LogP contribution in [-0.4, -0.2) is 46.5 Å². The Morgan fingerprint density at radius 3 is 2.44 bits per heavy atom. The van der Waals surface area contributed by atoms with Gasteiger partial charge in [-0.3, -0.25) is 4.90 Å². The van der Waals surface area contributed by atoms with E-state index in [1.807, 2.05) is 30.3 Å². The van der Waals surface area contributed by atoms with Gasteiger partial charge in [-0.15, -0.1) is 0 Å². The average molecular weight is 251 g/mol. The van der Waals surface area contributed by atoms with Crippen molar-refractivity contribution in [1.29, 1.82) is 0 Å². The molecule has 0 radical (unpaired) electrons. The highest BCUT2D eigenvalue weighted by molar-refractivity contribution is 5.70. The van der Waals surface area contributed by atoms with Crippen LogP contribution in [0.1, 0.15) is 12.0 Å². The van der Waals surface area contributed by atoms with Crippen molar-refractivity contribution in [2.24, 2.45) is 0 Å². The van der Waals surface area contributed by atoms with Gasteiger partial charge in [0.15, 0.2) is 0 Å². The molecule has 0 saturated carbocycles. The lowest BCUT2D eigenvalue weighted by molar-refractivity contribution is -0.0754. The van der Waals surface area contributed by atoms with E-state index in [0.717, 1.165) is 5.56 Å². The van der Waals surface area contributed by atoms with Gasteiger partial charge >= 0.3 is 6.09 Å². The molecule has 5 nitrogen and oxygen atoms in total. The zero-order valence-corrected chi connectivity index (χ0v) is 10.1. The number of aliphatic hydroxyl groups is 2. The zero-order chi connectivity index (χ0) is 13.0. The van der Waals surface area contributed by atoms with Gasteiger partial charge in [0, 0.05) is 6.54 Å². The predicted molar refractivity (Wildman–Crippen MR) is 64.9 cm³/mol. The van der Waals surface area contributed by atoms with Crippen molar-refractivity contribution >= 4 is 6.09 Å². The molecule has 1 saturated heterocycles. The van der Waals surface area contributed by atoms with Crippen LogP contribution < -0.4 is 0 Å². The van der Waals surface area contributed by atoms with E-state index in [0.29, 0.717) is 13.0 Å². The molecule has 18 heavy (non-hydrogen) atoms. The van der Waals surface area contributed by atoms with Gasteiger partial charge in [0.1, 0.15) is 6.61 Å². The Labute approximate surface area is 106 Å². The van der Waals surface area contributed by atoms with Crippen molar-refractivity contribution in [3.8, 4) is 0 Å². The Morgan fingerprint density at radius 1 is 1.28 bits per heavy atom. The van der Waals surface area contributed by atoms with Crippen molar-refractivity contribution in [3.05, 3.63) is 35.9 Å². The lowest BCUT2D eigenvalue weighted by Crippen LogP contribution is -2.66. The van der Waals surface area contributed by atoms with Crippen LogP contribution in [0, 0.1) is 0 Å². The van der Waals surface area contributed by atoms with E-state index in [2.05, 4.69) is 0 Å². The summed E-state index contributed by atoms with van der Waals surface area (Å²) in [5, 5.41) is 18.5. The van der Waals surface area contributed by atoms with Gasteiger partial charge < -0.3 is 14.9 Å². The number of carbonyl (C=O) groups excluding carboxylic acids is 1. The molecule has 0 unspecified atom stereocenters. The normalized spacial score (nSPS) is 17.1. The highest BCUT2D eigenvalue weighted by Crippen LogP contribution is 2.30. The van der Waals surface area contributed by atoms with E-state index in [1.54, 1.807) is 0 Å². The van der Waals surface area contributed by atoms with E-state index in [4.69, 9.17) is 4.74 Å². The minimum absolute atomic E-state index is 0.198. The molecule has 98 valence electrons. The van der Waals surface area contributed by atoms with Crippen LogP contribution >= 0.6 is 0 Å². The van der Waals surface area contributed by atoms with Gasteiger partial charge in [-0.05, 0) is 12.0 Å². The monoisotopic (exact) mass is 251 g/mol. The standard InChI is InChI=1S/C13H17NO4/c15-9-13(10-16)6-7-14(13)12(17)18-8-11-4-2-1-3-5-11/h1-5,15-16H,6-10H2. The molecule has 0 aromatic heterocycles. The van der Waals surface area contributed by atoms with Gasteiger partial charge in [0.25, 0.3) is 0 Å². The van der Waals surface area contributed by atoms with Crippen LogP contribution in [0.4, 0.5) is 4.79 Å². The first-order valence-electron chi connectivity index (χ1n) is 5.92. The van der Waals surface area contributed by atoms with E-state index in [-0.39, 0.29) is 19.8 Å². The molecular weight excluding hydrogens is 234 g/mol. The number of aliphatic hydroxyl groups excluding tert-OH is 2. The number of rotatable bonds is 4. The molecule has 0 atom stereocenters. The maximum absolute atomic E-state index is 11.8. The smallest absolute Gasteiger partial charge is 0.410 e. The number of nitrogens with zero attached hydrogens (tertiary/aromatic N) is 1. The van der Waals surface area contributed by atoms with Gasteiger partial charge in [-0.25, -0.2) is 4.79 Å². The summed E-state index contributed by atoms with van der Waals surface area (Å²) < 4.78 is 5.16. The summed E-state index contributed by atoms with van der Waals surface area (Å²) in [6.45, 7) is 0.214. The second-order valence-corrected chi connectivity index (χ2v) is 4.48. The maximum Gasteiger partial charge on any atom is 0.410 e. The molecule has 1 aromatic rings. The number of ether oxygens (including phenoxy) is 1. The van der Waals surface area contributed by atoms with Gasteiger partial charge in [-0.1, -0.05) is 30.3 Å². The number of likely N-dealkylation sites (tertiary alicyclic amines) is 1. The molecule has 1 amide bonds. The van der Waals surface area contributed by atoms with Crippen LogP contribution in [0.15, 0.2) is 30.3 Å². The van der Waals surface area contributed by atoms with Gasteiger partial charge in [0.05, 0.1) is 18.8 Å². The topological polar surface area (TPSA) is 70.0 Å². The minimum atomic E-state index is -0.840. The summed E-state index contributed by atoms with van der Waals surface area (Å²) in [7, 11) is 0. The first-order valence-corrected chi connectivity index (χ1v) is 5.92. The fraction of sp³-hybridized carbons (Fsp3) is 0.462. The van der Waals surface area contributed by atoms with Crippen molar-refractivity contribution in [1.82, 2.24) is 4.90 Å². The first kappa shape index (κ1) is 12.9. The number of carbonyl (C=O) groups is 1. The number of benzene rings is 1. The molecule has 1 heterocycles. The van der Waals surface area contributed by atoms with Crippen LogP contribution in [-0.2, 0) is 11.3 Å². The zero-order valence-electron chi connectivity index (χ0n) is 10.1. The van der Waals surface area contributed by atoms with Crippen molar-refractivity contribution < 1.29 is 19.7 Å². The lowest BCUT2D eigenvalue weighted by atomic mass is 9.87. The highest BCUT2D eigenvalue weighted by Gasteiger charge is 2.47. The predicted octanol–water partition coefficient (Wildman–Crippen LogP) is 0.752. The second kappa shape index (κ2) is 5.37. The van der Waals surface area contributed by atoms with E-state index >= 15 is 0 Å². The Bertz CT molecular complexity index is 397. The van der Waals surface area contributed by atoms with Crippen LogP contribution in [0.5, 0.6) is 0 Å². The van der Waals surface area contributed by atoms with Crippen molar-refractivity contribution in [2.45, 2.75) is 18.6 Å². The Kier molecular flexibility index (Phi) is 3.84. The summed E-state index contributed by atoms with van der Waals surface area (Å²) in [5.74, 6) is 0. The van der Waals surface area contributed by atoms with Crippen LogP contribution in [0.2, 0.25) is 0 Å². The summed E-state index contributed by atoms with van der Waals surface area (Å²) in [6, 6.07) is 9.38. The van der Waals surface area contributed by atoms with E-state index < -0.39 is 11.6 Å². The molecule has 0 spiro atoms. The summed E-state index contributed by atoms with van der Waals surface area (Å²) >= 11 is 0. The third-order valence-electron chi connectivity index (χ3n) is 3.39. The van der Waals surface area contributed by atoms with E-state index in [1.165, 1.54) is 4.90 Å². The van der Waals surface area contributed by atoms with Gasteiger partial charge in [0.2, 0.25) is 0 Å². The molecule has 1 aliphatic rings. The Morgan fingerprint density at radius 2 is 1.94 bits per heavy atom. The molecule has 1 aromatic carbocycles. The van der Waals surface area contributed by atoms with Gasteiger partial charge in [-0.2, -0.15) is 0 Å². The van der Waals surface area contributed by atoms with Crippen molar-refractivity contribution in [3.63, 3.8) is 0 Å². The lowest BCUT2D eigenvalue weighted by Gasteiger charge is -2.49. The highest BCUT2D eigenvalue weighted by atomic mass is 16.6. The molecule has 2 rings (SSSR count). The molecule has 1 aliphatic heterocycles. The third kappa shape index (κ3) is 2.32. The fourth-order valence-corrected chi connectivity index (χ4v) is 2.00. The van der Waals surface area contributed by atoms with Crippen LogP contribution in [0.3, 0.4) is 0 Å². The third-order valence-corrected chi connectivity index (χ3v) is 3.39. The Hall–Kier alpha value is -1.59. The summed E-state index contributed by atoms with van der Waals surface area (Å²) in [6.07, 6.45) is 0.105. The maximum atomic E-state index is 11.8. The molecule has 1 fully saturated rings. The van der Waals surface area contributed by atoms with Crippen molar-refractivity contribution in [2.75, 3.05) is 19.8 Å². The molecule has 5 heteroatoms. The fourth-order valence-electron chi connectivity index (χ4n) is 2.00. The number of hydrogen-bond donors (Lipinski definition) is 2. The summed E-state index contributed by atoms with van der Waals surface area (Å²) in [5.41, 5.74) is 0.0679. The molecule has 0 bridgehead atoms.